The number of hydrogen-bond acceptors (Lipinski definition) is 3. The van der Waals surface area contributed by atoms with Gasteiger partial charge in [0.15, 0.2) is 0 Å². The lowest BCUT2D eigenvalue weighted by Gasteiger charge is -2.11. The number of carboxylic acid groups (broad SMARTS) is 1. The Bertz CT molecular complexity index is 395. The summed E-state index contributed by atoms with van der Waals surface area (Å²) in [6.07, 6.45) is -1.08. The average molecular weight is 302 g/mol. The van der Waals surface area contributed by atoms with Gasteiger partial charge in [-0.25, -0.2) is 0 Å². The van der Waals surface area contributed by atoms with Crippen molar-refractivity contribution in [3.05, 3.63) is 33.8 Å². The summed E-state index contributed by atoms with van der Waals surface area (Å²) >= 11 is 3.39. The SMILES string of the molecule is Cc1ccc(Br)cc1CNCC(O)CC(=O)O. The highest BCUT2D eigenvalue weighted by Crippen LogP contribution is 2.15. The molecule has 5 heteroatoms. The van der Waals surface area contributed by atoms with Gasteiger partial charge in [-0.3, -0.25) is 4.79 Å². The number of aryl methyl sites for hydroxylation is 1. The first-order chi connectivity index (χ1) is 7.99. The third kappa shape index (κ3) is 5.30. The van der Waals surface area contributed by atoms with Crippen molar-refractivity contribution in [2.24, 2.45) is 0 Å². The fourth-order valence-electron chi connectivity index (χ4n) is 1.48. The smallest absolute Gasteiger partial charge is 0.306 e. The fourth-order valence-corrected chi connectivity index (χ4v) is 1.89. The van der Waals surface area contributed by atoms with Crippen molar-refractivity contribution >= 4 is 21.9 Å². The summed E-state index contributed by atoms with van der Waals surface area (Å²) in [6, 6.07) is 5.98. The predicted molar refractivity (Wildman–Crippen MR) is 68.8 cm³/mol. The predicted octanol–water partition coefficient (Wildman–Crippen LogP) is 1.68. The van der Waals surface area contributed by atoms with Gasteiger partial charge in [0.05, 0.1) is 12.5 Å². The molecule has 1 aromatic carbocycles. The van der Waals surface area contributed by atoms with Gasteiger partial charge in [0.25, 0.3) is 0 Å². The standard InChI is InChI=1S/C12H16BrNO3/c1-8-2-3-10(13)4-9(8)6-14-7-11(15)5-12(16)17/h2-4,11,14-15H,5-7H2,1H3,(H,16,17). The number of nitrogens with one attached hydrogen (secondary N) is 1. The van der Waals surface area contributed by atoms with E-state index in [4.69, 9.17) is 5.11 Å². The van der Waals surface area contributed by atoms with Crippen molar-refractivity contribution < 1.29 is 15.0 Å². The van der Waals surface area contributed by atoms with E-state index in [-0.39, 0.29) is 13.0 Å². The van der Waals surface area contributed by atoms with Crippen LogP contribution in [0, 0.1) is 6.92 Å². The number of aliphatic hydroxyl groups is 1. The molecule has 0 aliphatic rings. The lowest BCUT2D eigenvalue weighted by Crippen LogP contribution is -2.28. The van der Waals surface area contributed by atoms with Gasteiger partial charge in [-0.1, -0.05) is 22.0 Å². The summed E-state index contributed by atoms with van der Waals surface area (Å²) in [5.41, 5.74) is 2.29. The Morgan fingerprint density at radius 3 is 2.88 bits per heavy atom. The second kappa shape index (κ2) is 6.74. The summed E-state index contributed by atoms with van der Waals surface area (Å²) in [5.74, 6) is -0.988. The number of aliphatic carboxylic acids is 1. The molecule has 3 N–H and O–H groups in total. The maximum Gasteiger partial charge on any atom is 0.306 e. The van der Waals surface area contributed by atoms with Gasteiger partial charge in [-0.15, -0.1) is 0 Å². The van der Waals surface area contributed by atoms with Crippen LogP contribution in [0.4, 0.5) is 0 Å². The highest BCUT2D eigenvalue weighted by atomic mass is 79.9. The van der Waals surface area contributed by atoms with E-state index < -0.39 is 12.1 Å². The van der Waals surface area contributed by atoms with E-state index in [2.05, 4.69) is 21.2 Å². The summed E-state index contributed by atoms with van der Waals surface area (Å²) in [5, 5.41) is 20.9. The first-order valence-electron chi connectivity index (χ1n) is 5.34. The molecule has 0 heterocycles. The molecule has 0 radical (unpaired) electrons. The van der Waals surface area contributed by atoms with Crippen LogP contribution in [0.2, 0.25) is 0 Å². The maximum atomic E-state index is 10.3. The summed E-state index contributed by atoms with van der Waals surface area (Å²) in [4.78, 5) is 10.3. The van der Waals surface area contributed by atoms with Crippen molar-refractivity contribution in [3.63, 3.8) is 0 Å². The summed E-state index contributed by atoms with van der Waals surface area (Å²) in [7, 11) is 0. The third-order valence-corrected chi connectivity index (χ3v) is 2.91. The molecule has 0 aliphatic heterocycles. The fraction of sp³-hybridized carbons (Fsp3) is 0.417. The van der Waals surface area contributed by atoms with E-state index in [9.17, 15) is 9.90 Å². The zero-order chi connectivity index (χ0) is 12.8. The second-order valence-electron chi connectivity index (χ2n) is 3.95. The number of benzene rings is 1. The number of aliphatic hydroxyl groups excluding tert-OH is 1. The molecule has 1 unspecified atom stereocenters. The van der Waals surface area contributed by atoms with Crippen LogP contribution in [0.15, 0.2) is 22.7 Å². The van der Waals surface area contributed by atoms with Gasteiger partial charge < -0.3 is 15.5 Å². The van der Waals surface area contributed by atoms with E-state index in [1.54, 1.807) is 0 Å². The second-order valence-corrected chi connectivity index (χ2v) is 4.87. The number of carbonyl (C=O) groups is 1. The van der Waals surface area contributed by atoms with Crippen LogP contribution in [-0.4, -0.2) is 28.8 Å². The Hall–Kier alpha value is -0.910. The molecule has 0 aliphatic carbocycles. The average Bonchev–Trinajstić information content (AvgIpc) is 2.22. The number of carboxylic acids is 1. The van der Waals surface area contributed by atoms with Gasteiger partial charge in [-0.2, -0.15) is 0 Å². The minimum absolute atomic E-state index is 0.232. The maximum absolute atomic E-state index is 10.3. The minimum atomic E-state index is -0.988. The Labute approximate surface area is 109 Å². The lowest BCUT2D eigenvalue weighted by atomic mass is 10.1. The topological polar surface area (TPSA) is 69.6 Å². The minimum Gasteiger partial charge on any atom is -0.481 e. The van der Waals surface area contributed by atoms with Crippen LogP contribution in [0.3, 0.4) is 0 Å². The largest absolute Gasteiger partial charge is 0.481 e. The molecule has 0 bridgehead atoms. The molecule has 0 spiro atoms. The van der Waals surface area contributed by atoms with Gasteiger partial charge in [0, 0.05) is 17.6 Å². The van der Waals surface area contributed by atoms with Crippen LogP contribution < -0.4 is 5.32 Å². The van der Waals surface area contributed by atoms with Crippen LogP contribution in [0.5, 0.6) is 0 Å². The Kier molecular flexibility index (Phi) is 5.61. The van der Waals surface area contributed by atoms with Crippen molar-refractivity contribution in [1.29, 1.82) is 0 Å². The summed E-state index contributed by atoms with van der Waals surface area (Å²) < 4.78 is 1.01. The van der Waals surface area contributed by atoms with E-state index >= 15 is 0 Å². The molecule has 0 amide bonds. The zero-order valence-corrected chi connectivity index (χ0v) is 11.2. The molecule has 17 heavy (non-hydrogen) atoms. The van der Waals surface area contributed by atoms with Gasteiger partial charge in [-0.05, 0) is 30.2 Å². The van der Waals surface area contributed by atoms with Crippen molar-refractivity contribution in [3.8, 4) is 0 Å². The van der Waals surface area contributed by atoms with Crippen LogP contribution >= 0.6 is 15.9 Å². The number of hydrogen-bond donors (Lipinski definition) is 3. The van der Waals surface area contributed by atoms with Crippen LogP contribution in [-0.2, 0) is 11.3 Å². The van der Waals surface area contributed by atoms with Crippen LogP contribution in [0.25, 0.3) is 0 Å². The quantitative estimate of drug-likeness (QED) is 0.748. The molecule has 1 aromatic rings. The molecule has 1 atom stereocenters. The van der Waals surface area contributed by atoms with Gasteiger partial charge >= 0.3 is 5.97 Å². The monoisotopic (exact) mass is 301 g/mol. The molecule has 4 nitrogen and oxygen atoms in total. The van der Waals surface area contributed by atoms with E-state index in [1.165, 1.54) is 0 Å². The molecule has 1 rings (SSSR count). The number of rotatable bonds is 6. The number of halogens is 1. The molecular formula is C12H16BrNO3. The molecule has 0 saturated heterocycles. The first-order valence-corrected chi connectivity index (χ1v) is 6.14. The zero-order valence-electron chi connectivity index (χ0n) is 9.61. The summed E-state index contributed by atoms with van der Waals surface area (Å²) in [6.45, 7) is 2.90. The van der Waals surface area contributed by atoms with Crippen molar-refractivity contribution in [2.75, 3.05) is 6.54 Å². The van der Waals surface area contributed by atoms with Crippen molar-refractivity contribution in [1.82, 2.24) is 5.32 Å². The lowest BCUT2D eigenvalue weighted by molar-refractivity contribution is -0.139. The van der Waals surface area contributed by atoms with E-state index in [1.807, 2.05) is 25.1 Å². The van der Waals surface area contributed by atoms with E-state index in [0.717, 1.165) is 15.6 Å². The Balaban J connectivity index is 2.40. The molecular weight excluding hydrogens is 286 g/mol. The molecule has 0 fully saturated rings. The highest BCUT2D eigenvalue weighted by Gasteiger charge is 2.08. The normalized spacial score (nSPS) is 12.4. The molecule has 0 saturated carbocycles. The van der Waals surface area contributed by atoms with Crippen LogP contribution in [0.1, 0.15) is 17.5 Å². The molecule has 94 valence electrons. The third-order valence-electron chi connectivity index (χ3n) is 2.42. The van der Waals surface area contributed by atoms with Gasteiger partial charge in [0.2, 0.25) is 0 Å². The molecule has 0 aromatic heterocycles. The first kappa shape index (κ1) is 14.2. The Morgan fingerprint density at radius 2 is 2.24 bits per heavy atom. The highest BCUT2D eigenvalue weighted by molar-refractivity contribution is 9.10. The van der Waals surface area contributed by atoms with E-state index in [0.29, 0.717) is 6.54 Å². The Morgan fingerprint density at radius 1 is 1.53 bits per heavy atom. The van der Waals surface area contributed by atoms with Crippen molar-refractivity contribution in [2.45, 2.75) is 26.0 Å². The van der Waals surface area contributed by atoms with Gasteiger partial charge in [0.1, 0.15) is 0 Å².